The zero-order valence-electron chi connectivity index (χ0n) is 15.5. The van der Waals surface area contributed by atoms with Crippen molar-refractivity contribution in [2.45, 2.75) is 13.3 Å². The van der Waals surface area contributed by atoms with Gasteiger partial charge in [0.05, 0.1) is 30.3 Å². The van der Waals surface area contributed by atoms with Crippen molar-refractivity contribution in [3.8, 4) is 22.9 Å². The highest BCUT2D eigenvalue weighted by Gasteiger charge is 2.15. The molecule has 0 saturated heterocycles. The Labute approximate surface area is 157 Å². The lowest BCUT2D eigenvalue weighted by Gasteiger charge is -2.11. The van der Waals surface area contributed by atoms with Crippen molar-refractivity contribution in [3.63, 3.8) is 0 Å². The van der Waals surface area contributed by atoms with E-state index < -0.39 is 0 Å². The van der Waals surface area contributed by atoms with Crippen LogP contribution in [0.25, 0.3) is 22.4 Å². The second-order valence-corrected chi connectivity index (χ2v) is 6.01. The van der Waals surface area contributed by atoms with E-state index in [-0.39, 0.29) is 5.91 Å². The first-order valence-electron chi connectivity index (χ1n) is 8.95. The van der Waals surface area contributed by atoms with Crippen LogP contribution in [0.1, 0.15) is 23.7 Å². The SMILES string of the molecule is CCOc1cc(C(=O)NCCCN)ccc1-c1nc2ccc(OC)cc2[nH]1. The number of aromatic amines is 1. The van der Waals surface area contributed by atoms with Crippen molar-refractivity contribution in [1.29, 1.82) is 0 Å². The normalized spacial score (nSPS) is 10.8. The van der Waals surface area contributed by atoms with E-state index in [9.17, 15) is 4.79 Å². The van der Waals surface area contributed by atoms with E-state index >= 15 is 0 Å². The number of methoxy groups -OCH3 is 1. The number of carbonyl (C=O) groups excluding carboxylic acids is 1. The molecule has 1 heterocycles. The zero-order valence-corrected chi connectivity index (χ0v) is 15.5. The van der Waals surface area contributed by atoms with Crippen LogP contribution in [0.5, 0.6) is 11.5 Å². The number of benzene rings is 2. The van der Waals surface area contributed by atoms with Gasteiger partial charge in [0.2, 0.25) is 0 Å². The molecule has 0 radical (unpaired) electrons. The topological polar surface area (TPSA) is 102 Å². The minimum absolute atomic E-state index is 0.148. The summed E-state index contributed by atoms with van der Waals surface area (Å²) < 4.78 is 11.0. The lowest BCUT2D eigenvalue weighted by atomic mass is 10.1. The first-order chi connectivity index (χ1) is 13.2. The van der Waals surface area contributed by atoms with Crippen LogP contribution < -0.4 is 20.5 Å². The molecule has 0 aliphatic heterocycles. The molecule has 7 nitrogen and oxygen atoms in total. The minimum atomic E-state index is -0.148. The molecule has 0 bridgehead atoms. The molecule has 0 aliphatic carbocycles. The van der Waals surface area contributed by atoms with Crippen LogP contribution in [-0.2, 0) is 0 Å². The number of hydrogen-bond acceptors (Lipinski definition) is 5. The van der Waals surface area contributed by atoms with Crippen molar-refractivity contribution >= 4 is 16.9 Å². The molecule has 2 aromatic carbocycles. The number of nitrogens with zero attached hydrogens (tertiary/aromatic N) is 1. The molecule has 0 fully saturated rings. The van der Waals surface area contributed by atoms with Gasteiger partial charge in [-0.1, -0.05) is 0 Å². The third kappa shape index (κ3) is 4.20. The van der Waals surface area contributed by atoms with E-state index in [4.69, 9.17) is 15.2 Å². The van der Waals surface area contributed by atoms with Crippen LogP contribution in [0.4, 0.5) is 0 Å². The van der Waals surface area contributed by atoms with Crippen molar-refractivity contribution in [2.24, 2.45) is 5.73 Å². The van der Waals surface area contributed by atoms with E-state index in [0.717, 1.165) is 28.8 Å². The van der Waals surface area contributed by atoms with Gasteiger partial charge in [0.15, 0.2) is 0 Å². The number of imidazole rings is 1. The van der Waals surface area contributed by atoms with Crippen molar-refractivity contribution in [2.75, 3.05) is 26.8 Å². The van der Waals surface area contributed by atoms with Crippen molar-refractivity contribution in [3.05, 3.63) is 42.0 Å². The number of amides is 1. The third-order valence-corrected chi connectivity index (χ3v) is 4.15. The molecule has 3 aromatic rings. The summed E-state index contributed by atoms with van der Waals surface area (Å²) in [7, 11) is 1.63. The monoisotopic (exact) mass is 368 g/mol. The molecule has 7 heteroatoms. The summed E-state index contributed by atoms with van der Waals surface area (Å²) in [5.74, 6) is 1.89. The van der Waals surface area contributed by atoms with Crippen LogP contribution in [-0.4, -0.2) is 42.7 Å². The number of aromatic nitrogens is 2. The highest BCUT2D eigenvalue weighted by molar-refractivity contribution is 5.95. The van der Waals surface area contributed by atoms with Crippen LogP contribution in [0.3, 0.4) is 0 Å². The fourth-order valence-electron chi connectivity index (χ4n) is 2.78. The number of rotatable bonds is 8. The Kier molecular flexibility index (Phi) is 5.93. The predicted octanol–water partition coefficient (Wildman–Crippen LogP) is 2.72. The van der Waals surface area contributed by atoms with Gasteiger partial charge in [-0.2, -0.15) is 0 Å². The van der Waals surface area contributed by atoms with E-state index in [1.54, 1.807) is 19.2 Å². The number of carbonyl (C=O) groups is 1. The zero-order chi connectivity index (χ0) is 19.2. The highest BCUT2D eigenvalue weighted by atomic mass is 16.5. The molecule has 0 atom stereocenters. The lowest BCUT2D eigenvalue weighted by Crippen LogP contribution is -2.25. The predicted molar refractivity (Wildman–Crippen MR) is 105 cm³/mol. The minimum Gasteiger partial charge on any atom is -0.497 e. The number of fused-ring (bicyclic) bond motifs is 1. The fourth-order valence-corrected chi connectivity index (χ4v) is 2.78. The molecule has 1 aromatic heterocycles. The van der Waals surface area contributed by atoms with Crippen molar-refractivity contribution in [1.82, 2.24) is 15.3 Å². The Balaban J connectivity index is 1.93. The first kappa shape index (κ1) is 18.7. The summed E-state index contributed by atoms with van der Waals surface area (Å²) in [6, 6.07) is 11.0. The summed E-state index contributed by atoms with van der Waals surface area (Å²) in [6.45, 7) is 3.48. The summed E-state index contributed by atoms with van der Waals surface area (Å²) in [5, 5.41) is 2.85. The number of ether oxygens (including phenoxy) is 2. The van der Waals surface area contributed by atoms with Gasteiger partial charge in [0.1, 0.15) is 17.3 Å². The maximum Gasteiger partial charge on any atom is 0.251 e. The van der Waals surface area contributed by atoms with Crippen molar-refractivity contribution < 1.29 is 14.3 Å². The van der Waals surface area contributed by atoms with Gasteiger partial charge in [0, 0.05) is 18.2 Å². The smallest absolute Gasteiger partial charge is 0.251 e. The standard InChI is InChI=1S/C20H24N4O3/c1-3-27-18-11-13(20(25)22-10-4-9-21)5-7-15(18)19-23-16-8-6-14(26-2)12-17(16)24-19/h5-8,11-12H,3-4,9-10,21H2,1-2H3,(H,22,25)(H,23,24). The van der Waals surface area contributed by atoms with E-state index in [0.29, 0.717) is 36.8 Å². The second-order valence-electron chi connectivity index (χ2n) is 6.01. The van der Waals surface area contributed by atoms with Gasteiger partial charge in [0.25, 0.3) is 5.91 Å². The van der Waals surface area contributed by atoms with Gasteiger partial charge in [-0.15, -0.1) is 0 Å². The molecule has 3 rings (SSSR count). The Bertz CT molecular complexity index is 936. The number of hydrogen-bond donors (Lipinski definition) is 3. The number of nitrogens with two attached hydrogens (primary N) is 1. The maximum absolute atomic E-state index is 12.3. The largest absolute Gasteiger partial charge is 0.497 e. The average Bonchev–Trinajstić information content (AvgIpc) is 3.11. The molecule has 0 saturated carbocycles. The molecular formula is C20H24N4O3. The number of H-pyrrole nitrogens is 1. The van der Waals surface area contributed by atoms with Gasteiger partial charge in [-0.05, 0) is 50.2 Å². The highest BCUT2D eigenvalue weighted by Crippen LogP contribution is 2.31. The molecular weight excluding hydrogens is 344 g/mol. The van der Waals surface area contributed by atoms with Gasteiger partial charge in [-0.25, -0.2) is 4.98 Å². The lowest BCUT2D eigenvalue weighted by molar-refractivity contribution is 0.0953. The molecule has 142 valence electrons. The Morgan fingerprint density at radius 2 is 2.11 bits per heavy atom. The van der Waals surface area contributed by atoms with Gasteiger partial charge in [-0.3, -0.25) is 4.79 Å². The van der Waals surface area contributed by atoms with Gasteiger partial charge < -0.3 is 25.5 Å². The fraction of sp³-hybridized carbons (Fsp3) is 0.300. The van der Waals surface area contributed by atoms with Crippen LogP contribution >= 0.6 is 0 Å². The second kappa shape index (κ2) is 8.55. The summed E-state index contributed by atoms with van der Waals surface area (Å²) >= 11 is 0. The Morgan fingerprint density at radius 1 is 1.26 bits per heavy atom. The average molecular weight is 368 g/mol. The quantitative estimate of drug-likeness (QED) is 0.531. The van der Waals surface area contributed by atoms with Crippen LogP contribution in [0.2, 0.25) is 0 Å². The van der Waals surface area contributed by atoms with Crippen LogP contribution in [0.15, 0.2) is 36.4 Å². The van der Waals surface area contributed by atoms with Crippen LogP contribution in [0, 0.1) is 0 Å². The number of nitrogens with one attached hydrogen (secondary N) is 2. The first-order valence-corrected chi connectivity index (χ1v) is 8.95. The molecule has 1 amide bonds. The molecule has 0 unspecified atom stereocenters. The molecule has 27 heavy (non-hydrogen) atoms. The maximum atomic E-state index is 12.3. The summed E-state index contributed by atoms with van der Waals surface area (Å²) in [4.78, 5) is 20.2. The molecule has 0 spiro atoms. The Morgan fingerprint density at radius 3 is 2.85 bits per heavy atom. The molecule has 0 aliphatic rings. The van der Waals surface area contributed by atoms with E-state index in [1.165, 1.54) is 0 Å². The van der Waals surface area contributed by atoms with E-state index in [2.05, 4.69) is 15.3 Å². The summed E-state index contributed by atoms with van der Waals surface area (Å²) in [5.41, 5.74) is 8.50. The molecule has 4 N–H and O–H groups in total. The summed E-state index contributed by atoms with van der Waals surface area (Å²) in [6.07, 6.45) is 0.741. The Hall–Kier alpha value is -3.06. The van der Waals surface area contributed by atoms with E-state index in [1.807, 2.05) is 31.2 Å². The van der Waals surface area contributed by atoms with Gasteiger partial charge >= 0.3 is 0 Å². The third-order valence-electron chi connectivity index (χ3n) is 4.15.